The second kappa shape index (κ2) is 16.4. The van der Waals surface area contributed by atoms with Crippen molar-refractivity contribution in [2.45, 2.75) is 131 Å². The first-order chi connectivity index (χ1) is 13.9. The van der Waals surface area contributed by atoms with E-state index in [2.05, 4.69) is 41.5 Å². The van der Waals surface area contributed by atoms with Crippen LogP contribution >= 0.6 is 0 Å². The fourth-order valence-corrected chi connectivity index (χ4v) is 5.81. The molecule has 0 saturated heterocycles. The Morgan fingerprint density at radius 2 is 0.862 bits per heavy atom. The molecular formula is C24H46O4Sn. The van der Waals surface area contributed by atoms with Gasteiger partial charge in [0.05, 0.1) is 0 Å². The summed E-state index contributed by atoms with van der Waals surface area (Å²) in [4.78, 5) is 26.0. The molecule has 0 amide bonds. The van der Waals surface area contributed by atoms with Gasteiger partial charge in [-0.1, -0.05) is 0 Å². The number of unbranched alkanes of at least 4 members (excludes halogenated alkanes) is 4. The van der Waals surface area contributed by atoms with Gasteiger partial charge in [-0.3, -0.25) is 0 Å². The molecule has 0 unspecified atom stereocenters. The zero-order valence-electron chi connectivity index (χ0n) is 20.0. The molecule has 170 valence electrons. The van der Waals surface area contributed by atoms with E-state index in [1.807, 2.05) is 0 Å². The number of hydrogen-bond acceptors (Lipinski definition) is 4. The third-order valence-electron chi connectivity index (χ3n) is 6.52. The van der Waals surface area contributed by atoms with Gasteiger partial charge in [-0.2, -0.15) is 0 Å². The predicted octanol–water partition coefficient (Wildman–Crippen LogP) is 7.16. The van der Waals surface area contributed by atoms with E-state index in [1.54, 1.807) is 0 Å². The second-order valence-electron chi connectivity index (χ2n) is 8.54. The SMILES string of the molecule is CCCCC(CC)(CCCC)C(=O)[O][Sn][O]C(=O)C(CC)(CCCC)CCCC. The number of carbonyl (C=O) groups is 2. The Balaban J connectivity index is 5.02. The Morgan fingerprint density at radius 3 is 1.07 bits per heavy atom. The molecule has 0 aliphatic rings. The first-order valence-corrected chi connectivity index (χ1v) is 14.4. The predicted molar refractivity (Wildman–Crippen MR) is 121 cm³/mol. The summed E-state index contributed by atoms with van der Waals surface area (Å²) in [7, 11) is 0. The molecule has 0 saturated carbocycles. The summed E-state index contributed by atoms with van der Waals surface area (Å²) in [5.41, 5.74) is -0.795. The van der Waals surface area contributed by atoms with Crippen LogP contribution in [0.5, 0.6) is 0 Å². The minimum absolute atomic E-state index is 0.120. The molecule has 0 aliphatic carbocycles. The van der Waals surface area contributed by atoms with E-state index in [1.165, 1.54) is 0 Å². The molecule has 0 N–H and O–H groups in total. The topological polar surface area (TPSA) is 52.6 Å². The number of rotatable bonds is 18. The van der Waals surface area contributed by atoms with Gasteiger partial charge in [0.25, 0.3) is 0 Å². The van der Waals surface area contributed by atoms with Crippen LogP contribution in [0.3, 0.4) is 0 Å². The molecule has 0 aromatic rings. The van der Waals surface area contributed by atoms with Gasteiger partial charge in [-0.25, -0.2) is 0 Å². The molecule has 29 heavy (non-hydrogen) atoms. The van der Waals surface area contributed by atoms with E-state index in [-0.39, 0.29) is 11.9 Å². The molecule has 0 rings (SSSR count). The van der Waals surface area contributed by atoms with E-state index < -0.39 is 32.8 Å². The fourth-order valence-electron chi connectivity index (χ4n) is 4.03. The maximum absolute atomic E-state index is 13.0. The van der Waals surface area contributed by atoms with Crippen LogP contribution in [-0.2, 0) is 15.7 Å². The van der Waals surface area contributed by atoms with Gasteiger partial charge >= 0.3 is 192 Å². The maximum atomic E-state index is 13.0. The van der Waals surface area contributed by atoms with Gasteiger partial charge < -0.3 is 0 Å². The molecule has 0 bridgehead atoms. The Hall–Kier alpha value is -0.261. The van der Waals surface area contributed by atoms with Crippen molar-refractivity contribution in [2.75, 3.05) is 0 Å². The summed E-state index contributed by atoms with van der Waals surface area (Å²) >= 11 is -1.97. The molecular weight excluding hydrogens is 471 g/mol. The van der Waals surface area contributed by atoms with E-state index in [9.17, 15) is 9.59 Å². The Kier molecular flexibility index (Phi) is 16.3. The molecule has 0 heterocycles. The van der Waals surface area contributed by atoms with Gasteiger partial charge in [0, 0.05) is 0 Å². The minimum atomic E-state index is -1.97. The third-order valence-corrected chi connectivity index (χ3v) is 8.06. The monoisotopic (exact) mass is 518 g/mol. The van der Waals surface area contributed by atoms with Crippen molar-refractivity contribution >= 4 is 33.9 Å². The summed E-state index contributed by atoms with van der Waals surface area (Å²) < 4.78 is 11.4. The molecule has 0 aromatic carbocycles. The Bertz CT molecular complexity index is 394. The molecule has 0 aliphatic heterocycles. The van der Waals surface area contributed by atoms with Crippen molar-refractivity contribution in [3.05, 3.63) is 0 Å². The number of hydrogen-bond donors (Lipinski definition) is 0. The molecule has 0 atom stereocenters. The van der Waals surface area contributed by atoms with Crippen LogP contribution in [0.25, 0.3) is 0 Å². The van der Waals surface area contributed by atoms with E-state index in [0.717, 1.165) is 89.9 Å². The van der Waals surface area contributed by atoms with Crippen LogP contribution in [0.1, 0.15) is 131 Å². The van der Waals surface area contributed by atoms with E-state index in [4.69, 9.17) is 6.15 Å². The normalized spacial score (nSPS) is 12.1. The second-order valence-corrected chi connectivity index (χ2v) is 10.2. The summed E-state index contributed by atoms with van der Waals surface area (Å²) in [5, 5.41) is 0. The molecule has 0 fully saturated rings. The molecule has 2 radical (unpaired) electrons. The van der Waals surface area contributed by atoms with Crippen LogP contribution in [0.15, 0.2) is 0 Å². The summed E-state index contributed by atoms with van der Waals surface area (Å²) in [6.07, 6.45) is 13.5. The quantitative estimate of drug-likeness (QED) is 0.181. The van der Waals surface area contributed by atoms with Crippen LogP contribution in [0, 0.1) is 10.8 Å². The average molecular weight is 517 g/mol. The van der Waals surface area contributed by atoms with Crippen molar-refractivity contribution in [3.63, 3.8) is 0 Å². The van der Waals surface area contributed by atoms with Crippen LogP contribution in [0.4, 0.5) is 0 Å². The summed E-state index contributed by atoms with van der Waals surface area (Å²) in [5.74, 6) is -0.240. The molecule has 5 heteroatoms. The van der Waals surface area contributed by atoms with Gasteiger partial charge in [0.1, 0.15) is 0 Å². The molecule has 4 nitrogen and oxygen atoms in total. The van der Waals surface area contributed by atoms with Crippen molar-refractivity contribution < 1.29 is 15.7 Å². The molecule has 0 spiro atoms. The van der Waals surface area contributed by atoms with Gasteiger partial charge in [0.2, 0.25) is 0 Å². The van der Waals surface area contributed by atoms with Crippen LogP contribution < -0.4 is 0 Å². The zero-order valence-corrected chi connectivity index (χ0v) is 22.9. The summed E-state index contributed by atoms with van der Waals surface area (Å²) in [6, 6.07) is 0. The van der Waals surface area contributed by atoms with Gasteiger partial charge in [0.15, 0.2) is 0 Å². The third kappa shape index (κ3) is 9.61. The summed E-state index contributed by atoms with van der Waals surface area (Å²) in [6.45, 7) is 12.8. The fraction of sp³-hybridized carbons (Fsp3) is 0.917. The van der Waals surface area contributed by atoms with Crippen molar-refractivity contribution in [1.82, 2.24) is 0 Å². The first-order valence-electron chi connectivity index (χ1n) is 12.1. The van der Waals surface area contributed by atoms with Crippen molar-refractivity contribution in [2.24, 2.45) is 10.8 Å². The molecule has 0 aromatic heterocycles. The Labute approximate surface area is 191 Å². The Morgan fingerprint density at radius 1 is 0.586 bits per heavy atom. The average Bonchev–Trinajstić information content (AvgIpc) is 2.74. The van der Waals surface area contributed by atoms with Crippen molar-refractivity contribution in [1.29, 1.82) is 0 Å². The van der Waals surface area contributed by atoms with Crippen LogP contribution in [0.2, 0.25) is 0 Å². The van der Waals surface area contributed by atoms with E-state index in [0.29, 0.717) is 0 Å². The zero-order chi connectivity index (χ0) is 22.2. The standard InChI is InChI=1S/2C12H24O2.Sn/c2*1-4-7-9-12(6-3,11(13)14)10-8-5-2;/h2*4-10H2,1-3H3,(H,13,14);/q;;+2/p-2. The van der Waals surface area contributed by atoms with Crippen LogP contribution in [-0.4, -0.2) is 33.9 Å². The number of carbonyl (C=O) groups excluding carboxylic acids is 2. The van der Waals surface area contributed by atoms with Gasteiger partial charge in [-0.05, 0) is 0 Å². The van der Waals surface area contributed by atoms with Crippen molar-refractivity contribution in [3.8, 4) is 0 Å². The van der Waals surface area contributed by atoms with Gasteiger partial charge in [-0.15, -0.1) is 0 Å². The first kappa shape index (κ1) is 28.7. The van der Waals surface area contributed by atoms with E-state index >= 15 is 0 Å².